The molecule has 1 aromatic heterocycles. The van der Waals surface area contributed by atoms with E-state index >= 15 is 0 Å². The molecular formula is C18H23ClF2N4. The Morgan fingerprint density at radius 2 is 1.68 bits per heavy atom. The Bertz CT molecular complexity index is 653. The Kier molecular flexibility index (Phi) is 7.11. The van der Waals surface area contributed by atoms with E-state index in [4.69, 9.17) is 0 Å². The highest BCUT2D eigenvalue weighted by molar-refractivity contribution is 5.85. The highest BCUT2D eigenvalue weighted by Gasteiger charge is 2.15. The van der Waals surface area contributed by atoms with Crippen LogP contribution in [0.2, 0.25) is 0 Å². The van der Waals surface area contributed by atoms with Gasteiger partial charge < -0.3 is 15.1 Å². The number of pyridine rings is 1. The van der Waals surface area contributed by atoms with Crippen molar-refractivity contribution in [2.75, 3.05) is 38.1 Å². The van der Waals surface area contributed by atoms with Gasteiger partial charge in [-0.25, -0.2) is 13.8 Å². The van der Waals surface area contributed by atoms with Crippen molar-refractivity contribution in [3.63, 3.8) is 0 Å². The Hall–Kier alpha value is -1.76. The normalized spacial score (nSPS) is 15.1. The summed E-state index contributed by atoms with van der Waals surface area (Å²) in [6.07, 6.45) is 1.82. The van der Waals surface area contributed by atoms with Crippen molar-refractivity contribution in [2.24, 2.45) is 0 Å². The lowest BCUT2D eigenvalue weighted by atomic mass is 10.2. The van der Waals surface area contributed by atoms with Gasteiger partial charge in [-0.2, -0.15) is 0 Å². The van der Waals surface area contributed by atoms with E-state index in [1.807, 2.05) is 18.3 Å². The zero-order valence-electron chi connectivity index (χ0n) is 14.2. The molecule has 2 heterocycles. The minimum absolute atomic E-state index is 0. The standard InChI is InChI=1S/C18H22F2N4.ClH/c1-23-7-9-24(10-8-23)18-6-5-14(12-22-18)11-21-13-15-16(19)3-2-4-17(15)20;/h2-6,12,21H,7-11,13H2,1H3;1H. The van der Waals surface area contributed by atoms with Gasteiger partial charge in [0.2, 0.25) is 0 Å². The molecule has 0 atom stereocenters. The summed E-state index contributed by atoms with van der Waals surface area (Å²) in [4.78, 5) is 9.08. The van der Waals surface area contributed by atoms with E-state index in [-0.39, 0.29) is 24.5 Å². The molecule has 0 amide bonds. The molecule has 0 unspecified atom stereocenters. The SMILES string of the molecule is CN1CCN(c2ccc(CNCc3c(F)cccc3F)cn2)CC1.Cl. The molecule has 25 heavy (non-hydrogen) atoms. The fraction of sp³-hybridized carbons (Fsp3) is 0.389. The van der Waals surface area contributed by atoms with Crippen molar-refractivity contribution < 1.29 is 8.78 Å². The van der Waals surface area contributed by atoms with Crippen molar-refractivity contribution >= 4 is 18.2 Å². The van der Waals surface area contributed by atoms with E-state index in [1.54, 1.807) is 0 Å². The van der Waals surface area contributed by atoms with E-state index in [9.17, 15) is 8.78 Å². The number of nitrogens with zero attached hydrogens (tertiary/aromatic N) is 3. The number of hydrogen-bond donors (Lipinski definition) is 1. The molecule has 1 aliphatic rings. The zero-order valence-corrected chi connectivity index (χ0v) is 15.0. The van der Waals surface area contributed by atoms with Crippen LogP contribution in [0.25, 0.3) is 0 Å². The number of aromatic nitrogens is 1. The summed E-state index contributed by atoms with van der Waals surface area (Å²) >= 11 is 0. The molecule has 1 fully saturated rings. The molecule has 0 saturated carbocycles. The summed E-state index contributed by atoms with van der Waals surface area (Å²) in [5.74, 6) is -0.0657. The molecule has 1 N–H and O–H groups in total. The van der Waals surface area contributed by atoms with Crippen molar-refractivity contribution in [1.29, 1.82) is 0 Å². The molecule has 1 aliphatic heterocycles. The monoisotopic (exact) mass is 368 g/mol. The number of piperazine rings is 1. The van der Waals surface area contributed by atoms with Crippen LogP contribution in [0.4, 0.5) is 14.6 Å². The van der Waals surface area contributed by atoms with Crippen LogP contribution in [0.1, 0.15) is 11.1 Å². The van der Waals surface area contributed by atoms with Crippen LogP contribution in [-0.2, 0) is 13.1 Å². The average Bonchev–Trinajstić information content (AvgIpc) is 2.59. The first kappa shape index (κ1) is 19.6. The van der Waals surface area contributed by atoms with Gasteiger partial charge >= 0.3 is 0 Å². The second-order valence-corrected chi connectivity index (χ2v) is 6.12. The lowest BCUT2D eigenvalue weighted by Gasteiger charge is -2.33. The first-order chi connectivity index (χ1) is 11.6. The lowest BCUT2D eigenvalue weighted by Crippen LogP contribution is -2.44. The van der Waals surface area contributed by atoms with Crippen LogP contribution >= 0.6 is 12.4 Å². The third-order valence-corrected chi connectivity index (χ3v) is 4.33. The van der Waals surface area contributed by atoms with Gasteiger partial charge in [0.15, 0.2) is 0 Å². The summed E-state index contributed by atoms with van der Waals surface area (Å²) in [5, 5.41) is 3.06. The first-order valence-corrected chi connectivity index (χ1v) is 8.15. The Morgan fingerprint density at radius 3 is 2.28 bits per heavy atom. The Labute approximate surface area is 153 Å². The van der Waals surface area contributed by atoms with Crippen LogP contribution in [0.5, 0.6) is 0 Å². The topological polar surface area (TPSA) is 31.4 Å². The number of benzene rings is 1. The maximum Gasteiger partial charge on any atom is 0.130 e. The van der Waals surface area contributed by atoms with Gasteiger partial charge in [0.25, 0.3) is 0 Å². The molecule has 1 aromatic carbocycles. The van der Waals surface area contributed by atoms with Gasteiger partial charge in [-0.05, 0) is 30.8 Å². The summed E-state index contributed by atoms with van der Waals surface area (Å²) in [7, 11) is 2.12. The fourth-order valence-electron chi connectivity index (χ4n) is 2.78. The van der Waals surface area contributed by atoms with Gasteiger partial charge in [-0.3, -0.25) is 0 Å². The summed E-state index contributed by atoms with van der Waals surface area (Å²) in [6, 6.07) is 7.92. The molecular weight excluding hydrogens is 346 g/mol. The smallest absolute Gasteiger partial charge is 0.130 e. The van der Waals surface area contributed by atoms with Crippen LogP contribution in [0, 0.1) is 11.6 Å². The lowest BCUT2D eigenvalue weighted by molar-refractivity contribution is 0.312. The van der Waals surface area contributed by atoms with E-state index in [0.717, 1.165) is 37.6 Å². The largest absolute Gasteiger partial charge is 0.354 e. The minimum Gasteiger partial charge on any atom is -0.354 e. The van der Waals surface area contributed by atoms with Crippen LogP contribution < -0.4 is 10.2 Å². The highest BCUT2D eigenvalue weighted by Crippen LogP contribution is 2.14. The number of halogens is 3. The molecule has 3 rings (SSSR count). The molecule has 0 radical (unpaired) electrons. The second-order valence-electron chi connectivity index (χ2n) is 6.12. The highest BCUT2D eigenvalue weighted by atomic mass is 35.5. The average molecular weight is 369 g/mol. The van der Waals surface area contributed by atoms with Gasteiger partial charge in [0.05, 0.1) is 0 Å². The van der Waals surface area contributed by atoms with E-state index < -0.39 is 11.6 Å². The van der Waals surface area contributed by atoms with Gasteiger partial charge in [0, 0.05) is 51.0 Å². The number of likely N-dealkylation sites (N-methyl/N-ethyl adjacent to an activating group) is 1. The molecule has 7 heteroatoms. The molecule has 4 nitrogen and oxygen atoms in total. The number of hydrogen-bond acceptors (Lipinski definition) is 4. The second kappa shape index (κ2) is 9.08. The Balaban J connectivity index is 0.00000225. The van der Waals surface area contributed by atoms with Crippen LogP contribution in [-0.4, -0.2) is 43.1 Å². The zero-order chi connectivity index (χ0) is 16.9. The number of rotatable bonds is 5. The fourth-order valence-corrected chi connectivity index (χ4v) is 2.78. The molecule has 0 aliphatic carbocycles. The predicted molar refractivity (Wildman–Crippen MR) is 98.1 cm³/mol. The maximum atomic E-state index is 13.6. The molecule has 2 aromatic rings. The quantitative estimate of drug-likeness (QED) is 0.879. The van der Waals surface area contributed by atoms with Crippen molar-refractivity contribution in [2.45, 2.75) is 13.1 Å². The van der Waals surface area contributed by atoms with Crippen molar-refractivity contribution in [3.8, 4) is 0 Å². The number of nitrogens with one attached hydrogen (secondary N) is 1. The van der Waals surface area contributed by atoms with Gasteiger partial charge in [-0.15, -0.1) is 12.4 Å². The van der Waals surface area contributed by atoms with E-state index in [0.29, 0.717) is 6.54 Å². The third kappa shape index (κ3) is 5.11. The third-order valence-electron chi connectivity index (χ3n) is 4.33. The molecule has 0 bridgehead atoms. The molecule has 136 valence electrons. The van der Waals surface area contributed by atoms with E-state index in [1.165, 1.54) is 18.2 Å². The van der Waals surface area contributed by atoms with Crippen LogP contribution in [0.15, 0.2) is 36.5 Å². The first-order valence-electron chi connectivity index (χ1n) is 8.15. The predicted octanol–water partition coefficient (Wildman–Crippen LogP) is 2.82. The molecule has 0 spiro atoms. The van der Waals surface area contributed by atoms with E-state index in [2.05, 4.69) is 27.1 Å². The molecule has 1 saturated heterocycles. The summed E-state index contributed by atoms with van der Waals surface area (Å²) < 4.78 is 27.1. The van der Waals surface area contributed by atoms with Crippen molar-refractivity contribution in [3.05, 3.63) is 59.3 Å². The van der Waals surface area contributed by atoms with Crippen LogP contribution in [0.3, 0.4) is 0 Å². The number of anilines is 1. The van der Waals surface area contributed by atoms with Crippen molar-refractivity contribution in [1.82, 2.24) is 15.2 Å². The van der Waals surface area contributed by atoms with Gasteiger partial charge in [0.1, 0.15) is 17.5 Å². The van der Waals surface area contributed by atoms with Gasteiger partial charge in [-0.1, -0.05) is 12.1 Å². The summed E-state index contributed by atoms with van der Waals surface area (Å²) in [5.41, 5.74) is 1.06. The Morgan fingerprint density at radius 1 is 1.00 bits per heavy atom. The maximum absolute atomic E-state index is 13.6. The summed E-state index contributed by atoms with van der Waals surface area (Å²) in [6.45, 7) is 4.71. The minimum atomic E-state index is -0.522.